The van der Waals surface area contributed by atoms with Crippen LogP contribution < -0.4 is 4.74 Å². The average Bonchev–Trinajstić information content (AvgIpc) is 2.21. The monoisotopic (exact) mass is 268 g/mol. The predicted molar refractivity (Wildman–Crippen MR) is 61.3 cm³/mol. The third kappa shape index (κ3) is 1.26. The first-order valence-electron chi connectivity index (χ1n) is 5.33. The Bertz CT molecular complexity index is 387. The zero-order valence-corrected chi connectivity index (χ0v) is 9.90. The Hall–Kier alpha value is -0.540. The molecule has 3 heteroatoms. The van der Waals surface area contributed by atoms with Gasteiger partial charge in [-0.3, -0.25) is 0 Å². The molecule has 3 rings (SSSR count). The van der Waals surface area contributed by atoms with Crippen LogP contribution in [0.3, 0.4) is 0 Å². The van der Waals surface area contributed by atoms with Gasteiger partial charge in [-0.25, -0.2) is 0 Å². The number of aliphatic hydroxyl groups excluding tert-OH is 1. The molecule has 1 saturated carbocycles. The maximum absolute atomic E-state index is 10.2. The summed E-state index contributed by atoms with van der Waals surface area (Å²) in [6, 6.07) is 7.76. The molecule has 0 saturated heterocycles. The van der Waals surface area contributed by atoms with Gasteiger partial charge in [0, 0.05) is 5.56 Å². The van der Waals surface area contributed by atoms with Gasteiger partial charge in [-0.1, -0.05) is 34.1 Å². The molecule has 2 nitrogen and oxygen atoms in total. The highest BCUT2D eigenvalue weighted by molar-refractivity contribution is 9.09. The van der Waals surface area contributed by atoms with Crippen molar-refractivity contribution in [1.29, 1.82) is 0 Å². The fourth-order valence-electron chi connectivity index (χ4n) is 2.44. The number of rotatable bonds is 0. The van der Waals surface area contributed by atoms with Crippen LogP contribution in [-0.2, 0) is 0 Å². The van der Waals surface area contributed by atoms with Crippen LogP contribution in [0, 0.1) is 0 Å². The molecule has 1 aromatic rings. The molecule has 1 aliphatic heterocycles. The van der Waals surface area contributed by atoms with Crippen LogP contribution in [0.1, 0.15) is 30.9 Å². The summed E-state index contributed by atoms with van der Waals surface area (Å²) >= 11 is 3.58. The fraction of sp³-hybridized carbons (Fsp3) is 0.500. The lowest BCUT2D eigenvalue weighted by Crippen LogP contribution is -2.55. The lowest BCUT2D eigenvalue weighted by atomic mass is 9.73. The summed E-state index contributed by atoms with van der Waals surface area (Å²) < 4.78 is 6.03. The molecule has 0 radical (unpaired) electrons. The zero-order valence-electron chi connectivity index (χ0n) is 8.32. The van der Waals surface area contributed by atoms with Gasteiger partial charge < -0.3 is 9.84 Å². The predicted octanol–water partition coefficient (Wildman–Crippen LogP) is 2.80. The number of ether oxygens (including phenoxy) is 1. The van der Waals surface area contributed by atoms with Gasteiger partial charge >= 0.3 is 0 Å². The summed E-state index contributed by atoms with van der Waals surface area (Å²) in [6.07, 6.45) is 2.81. The molecule has 1 N–H and O–H groups in total. The average molecular weight is 269 g/mol. The van der Waals surface area contributed by atoms with Gasteiger partial charge in [0.1, 0.15) is 11.4 Å². The summed E-state index contributed by atoms with van der Waals surface area (Å²) in [4.78, 5) is 0.0219. The largest absolute Gasteiger partial charge is 0.486 e. The van der Waals surface area contributed by atoms with Crippen molar-refractivity contribution in [3.63, 3.8) is 0 Å². The lowest BCUT2D eigenvalue weighted by molar-refractivity contribution is -0.0567. The highest BCUT2D eigenvalue weighted by Crippen LogP contribution is 2.51. The Morgan fingerprint density at radius 2 is 2.07 bits per heavy atom. The van der Waals surface area contributed by atoms with E-state index in [1.807, 2.05) is 24.3 Å². The minimum Gasteiger partial charge on any atom is -0.486 e. The van der Waals surface area contributed by atoms with Crippen molar-refractivity contribution >= 4 is 15.9 Å². The number of hydrogen-bond acceptors (Lipinski definition) is 2. The molecule has 15 heavy (non-hydrogen) atoms. The van der Waals surface area contributed by atoms with Crippen molar-refractivity contribution in [2.45, 2.75) is 35.8 Å². The normalized spacial score (nSPS) is 31.6. The maximum Gasteiger partial charge on any atom is 0.126 e. The smallest absolute Gasteiger partial charge is 0.126 e. The van der Waals surface area contributed by atoms with Gasteiger partial charge in [0.15, 0.2) is 0 Å². The number of halogens is 1. The molecule has 0 unspecified atom stereocenters. The molecule has 1 spiro atoms. The number of alkyl halides is 1. The Labute approximate surface area is 97.4 Å². The summed E-state index contributed by atoms with van der Waals surface area (Å²) in [5.41, 5.74) is 0.741. The van der Waals surface area contributed by atoms with Crippen LogP contribution >= 0.6 is 15.9 Å². The highest BCUT2D eigenvalue weighted by atomic mass is 79.9. The number of benzene rings is 1. The summed E-state index contributed by atoms with van der Waals surface area (Å²) in [5, 5.41) is 10.2. The Kier molecular flexibility index (Phi) is 2.08. The van der Waals surface area contributed by atoms with E-state index in [1.54, 1.807) is 0 Å². The topological polar surface area (TPSA) is 29.5 Å². The van der Waals surface area contributed by atoms with Crippen LogP contribution in [0.15, 0.2) is 24.3 Å². The number of para-hydroxylation sites is 1. The van der Waals surface area contributed by atoms with E-state index in [4.69, 9.17) is 4.74 Å². The Balaban J connectivity index is 2.05. The molecule has 2 atom stereocenters. The van der Waals surface area contributed by atoms with Crippen molar-refractivity contribution in [2.75, 3.05) is 0 Å². The van der Waals surface area contributed by atoms with E-state index >= 15 is 0 Å². The third-order valence-corrected chi connectivity index (χ3v) is 4.87. The first-order valence-corrected chi connectivity index (χ1v) is 6.25. The molecule has 1 aromatic carbocycles. The van der Waals surface area contributed by atoms with Crippen LogP contribution in [0.5, 0.6) is 5.75 Å². The minimum absolute atomic E-state index is 0.0219. The Morgan fingerprint density at radius 1 is 1.33 bits per heavy atom. The van der Waals surface area contributed by atoms with Crippen molar-refractivity contribution in [3.05, 3.63) is 29.8 Å². The van der Waals surface area contributed by atoms with Crippen LogP contribution in [-0.4, -0.2) is 15.5 Å². The summed E-state index contributed by atoms with van der Waals surface area (Å²) in [6.45, 7) is 0. The number of aliphatic hydroxyl groups is 1. The van der Waals surface area contributed by atoms with E-state index in [0.717, 1.165) is 24.2 Å². The highest BCUT2D eigenvalue weighted by Gasteiger charge is 2.52. The third-order valence-electron chi connectivity index (χ3n) is 3.53. The quantitative estimate of drug-likeness (QED) is 0.734. The molecule has 2 aliphatic rings. The molecule has 0 amide bonds. The van der Waals surface area contributed by atoms with E-state index in [1.165, 1.54) is 6.42 Å². The molecule has 0 bridgehead atoms. The second-order valence-electron chi connectivity index (χ2n) is 4.40. The first-order chi connectivity index (χ1) is 7.23. The standard InChI is InChI=1S/C12H13BrO2/c13-11-10(14)8-4-1-2-5-9(8)15-12(11)6-3-7-12/h1-2,4-5,10-11,14H,3,6-7H2/t10-,11+/m0/s1. The minimum atomic E-state index is -0.449. The van der Waals surface area contributed by atoms with E-state index in [2.05, 4.69) is 15.9 Å². The van der Waals surface area contributed by atoms with Crippen molar-refractivity contribution in [3.8, 4) is 5.75 Å². The summed E-state index contributed by atoms with van der Waals surface area (Å²) in [5.74, 6) is 0.848. The van der Waals surface area contributed by atoms with Gasteiger partial charge in [-0.05, 0) is 25.3 Å². The first kappa shape index (κ1) is 9.67. The van der Waals surface area contributed by atoms with Crippen molar-refractivity contribution in [2.24, 2.45) is 0 Å². The lowest BCUT2D eigenvalue weighted by Gasteiger charge is -2.50. The van der Waals surface area contributed by atoms with Crippen LogP contribution in [0.2, 0.25) is 0 Å². The van der Waals surface area contributed by atoms with Crippen molar-refractivity contribution in [1.82, 2.24) is 0 Å². The van der Waals surface area contributed by atoms with Gasteiger partial charge in [0.25, 0.3) is 0 Å². The van der Waals surface area contributed by atoms with E-state index in [-0.39, 0.29) is 10.4 Å². The van der Waals surface area contributed by atoms with E-state index in [9.17, 15) is 5.11 Å². The summed E-state index contributed by atoms with van der Waals surface area (Å²) in [7, 11) is 0. The maximum atomic E-state index is 10.2. The van der Waals surface area contributed by atoms with Gasteiger partial charge in [-0.2, -0.15) is 0 Å². The Morgan fingerprint density at radius 3 is 2.73 bits per heavy atom. The van der Waals surface area contributed by atoms with Gasteiger partial charge in [0.05, 0.1) is 10.9 Å². The number of fused-ring (bicyclic) bond motifs is 1. The SMILES string of the molecule is O[C@H]1c2ccccc2OC2(CCC2)[C@@H]1Br. The molecule has 1 aliphatic carbocycles. The molecule has 80 valence electrons. The molecule has 1 heterocycles. The van der Waals surface area contributed by atoms with Crippen molar-refractivity contribution < 1.29 is 9.84 Å². The number of hydrogen-bond donors (Lipinski definition) is 1. The van der Waals surface area contributed by atoms with Crippen LogP contribution in [0.4, 0.5) is 0 Å². The van der Waals surface area contributed by atoms with E-state index in [0.29, 0.717) is 0 Å². The van der Waals surface area contributed by atoms with Gasteiger partial charge in [0.2, 0.25) is 0 Å². The molecule has 1 fully saturated rings. The molecular formula is C12H13BrO2. The second kappa shape index (κ2) is 3.22. The van der Waals surface area contributed by atoms with E-state index < -0.39 is 6.10 Å². The fourth-order valence-corrected chi connectivity index (χ4v) is 3.28. The molecule has 0 aromatic heterocycles. The zero-order chi connectivity index (χ0) is 10.5. The molecular weight excluding hydrogens is 256 g/mol. The second-order valence-corrected chi connectivity index (χ2v) is 5.39. The van der Waals surface area contributed by atoms with Gasteiger partial charge in [-0.15, -0.1) is 0 Å². The van der Waals surface area contributed by atoms with Crippen LogP contribution in [0.25, 0.3) is 0 Å².